The molecule has 0 aliphatic heterocycles. The van der Waals surface area contributed by atoms with Crippen LogP contribution in [-0.2, 0) is 6.11 Å². The van der Waals surface area contributed by atoms with Gasteiger partial charge in [0, 0.05) is 12.1 Å². The Morgan fingerprint density at radius 3 is 1.76 bits per heavy atom. The van der Waals surface area contributed by atoms with Crippen LogP contribution in [0.5, 0.6) is 5.75 Å². The van der Waals surface area contributed by atoms with E-state index in [2.05, 4.69) is 4.74 Å². The summed E-state index contributed by atoms with van der Waals surface area (Å²) in [6.07, 6.45) is -1.87. The monoisotopic (exact) mass is 366 g/mol. The highest BCUT2D eigenvalue weighted by molar-refractivity contribution is 5.50. The molecule has 1 nitrogen and oxygen atoms in total. The van der Waals surface area contributed by atoms with E-state index in [4.69, 9.17) is 0 Å². The van der Waals surface area contributed by atoms with Gasteiger partial charge >= 0.3 is 6.11 Å². The van der Waals surface area contributed by atoms with E-state index >= 15 is 0 Å². The summed E-state index contributed by atoms with van der Waals surface area (Å²) >= 11 is 0. The van der Waals surface area contributed by atoms with Crippen LogP contribution in [0.4, 0.5) is 30.7 Å². The molecule has 0 saturated carbocycles. The first-order chi connectivity index (χ1) is 11.2. The van der Waals surface area contributed by atoms with E-state index < -0.39 is 46.5 Å². The molecule has 0 radical (unpaired) electrons. The Morgan fingerprint density at radius 2 is 1.32 bits per heavy atom. The summed E-state index contributed by atoms with van der Waals surface area (Å²) in [5, 5.41) is 0. The number of rotatable bonds is 4. The molecule has 8 heteroatoms. The molecule has 0 unspecified atom stereocenters. The van der Waals surface area contributed by atoms with E-state index in [1.807, 2.05) is 0 Å². The Morgan fingerprint density at radius 1 is 0.840 bits per heavy atom. The van der Waals surface area contributed by atoms with Crippen molar-refractivity contribution < 1.29 is 35.5 Å². The van der Waals surface area contributed by atoms with Gasteiger partial charge in [-0.3, -0.25) is 0 Å². The smallest absolute Gasteiger partial charge is 0.429 e. The maximum absolute atomic E-state index is 14.0. The Hall–Kier alpha value is -2.51. The summed E-state index contributed by atoms with van der Waals surface area (Å²) in [4.78, 5) is 0. The number of halogens is 7. The zero-order chi connectivity index (χ0) is 18.1. The van der Waals surface area contributed by atoms with E-state index in [9.17, 15) is 30.7 Å². The fourth-order valence-electron chi connectivity index (χ4n) is 1.95. The highest BCUT2D eigenvalue weighted by atomic mass is 19.3. The van der Waals surface area contributed by atoms with Crippen molar-refractivity contribution in [1.29, 1.82) is 0 Å². The first-order valence-electron chi connectivity index (χ1n) is 6.49. The second-order valence-corrected chi connectivity index (χ2v) is 4.68. The predicted octanol–water partition coefficient (Wildman–Crippen LogP) is 6.18. The van der Waals surface area contributed by atoms with Gasteiger partial charge in [-0.15, -0.1) is 0 Å². The van der Waals surface area contributed by atoms with Crippen LogP contribution in [0.25, 0.3) is 6.08 Å². The summed E-state index contributed by atoms with van der Waals surface area (Å²) in [6, 6.07) is 1.55. The number of hydrogen-bond acceptors (Lipinski definition) is 1. The van der Waals surface area contributed by atoms with Gasteiger partial charge in [-0.05, 0) is 24.6 Å². The van der Waals surface area contributed by atoms with Crippen molar-refractivity contribution in [3.8, 4) is 5.75 Å². The third-order valence-electron chi connectivity index (χ3n) is 2.92. The van der Waals surface area contributed by atoms with Crippen molar-refractivity contribution in [2.45, 2.75) is 20.5 Å². The van der Waals surface area contributed by atoms with Gasteiger partial charge in [-0.25, -0.2) is 22.0 Å². The Balaban J connectivity index is 0.00000312. The van der Waals surface area contributed by atoms with Crippen molar-refractivity contribution in [3.63, 3.8) is 0 Å². The highest BCUT2D eigenvalue weighted by Gasteiger charge is 2.41. The first kappa shape index (κ1) is 20.5. The average molecular weight is 366 g/mol. The molecule has 0 aromatic heterocycles. The van der Waals surface area contributed by atoms with Crippen molar-refractivity contribution in [1.82, 2.24) is 0 Å². The molecule has 136 valence electrons. The number of alkyl halides is 2. The molecule has 0 spiro atoms. The largest absolute Gasteiger partial charge is 0.432 e. The lowest BCUT2D eigenvalue weighted by molar-refractivity contribution is -0.189. The van der Waals surface area contributed by atoms with Gasteiger partial charge in [0.1, 0.15) is 22.9 Å². The molecule has 0 aliphatic carbocycles. The van der Waals surface area contributed by atoms with Crippen molar-refractivity contribution in [2.75, 3.05) is 0 Å². The van der Waals surface area contributed by atoms with Crippen LogP contribution in [-0.4, -0.2) is 0 Å². The lowest BCUT2D eigenvalue weighted by atomic mass is 10.1. The summed E-state index contributed by atoms with van der Waals surface area (Å²) < 4.78 is 98.4. The molecule has 0 heterocycles. The van der Waals surface area contributed by atoms with Gasteiger partial charge < -0.3 is 4.74 Å². The van der Waals surface area contributed by atoms with Gasteiger partial charge in [-0.1, -0.05) is 19.6 Å². The fraction of sp³-hybridized carbons (Fsp3) is 0.176. The number of hydrogen-bond donors (Lipinski definition) is 0. The lowest BCUT2D eigenvalue weighted by Crippen LogP contribution is -2.25. The molecule has 0 aliphatic rings. The number of allylic oxidation sites excluding steroid dienone is 1. The summed E-state index contributed by atoms with van der Waals surface area (Å²) in [5.41, 5.74) is -1.74. The minimum absolute atomic E-state index is 0. The standard InChI is InChI=1S/C16H9F7O.CH4/c1-2-3-8-4-10(17)14(11(18)5-8)16(22,23)24-9-6-12(19)15(21)13(20)7-9;/h2-7H,1H3;1H4/b3-2+;. The zero-order valence-corrected chi connectivity index (χ0v) is 12.0. The van der Waals surface area contributed by atoms with Gasteiger partial charge in [0.05, 0.1) is 0 Å². The molecular weight excluding hydrogens is 353 g/mol. The number of benzene rings is 2. The van der Waals surface area contributed by atoms with E-state index in [0.717, 1.165) is 0 Å². The third kappa shape index (κ3) is 4.32. The maximum atomic E-state index is 14.0. The summed E-state index contributed by atoms with van der Waals surface area (Å²) in [7, 11) is 0. The zero-order valence-electron chi connectivity index (χ0n) is 12.0. The topological polar surface area (TPSA) is 9.23 Å². The quantitative estimate of drug-likeness (QED) is 0.464. The van der Waals surface area contributed by atoms with Crippen molar-refractivity contribution in [3.05, 3.63) is 70.6 Å². The fourth-order valence-corrected chi connectivity index (χ4v) is 1.95. The third-order valence-corrected chi connectivity index (χ3v) is 2.92. The van der Waals surface area contributed by atoms with E-state index in [0.29, 0.717) is 12.1 Å². The van der Waals surface area contributed by atoms with Crippen LogP contribution < -0.4 is 4.74 Å². The van der Waals surface area contributed by atoms with E-state index in [1.165, 1.54) is 12.2 Å². The molecule has 0 saturated heterocycles. The molecule has 0 atom stereocenters. The van der Waals surface area contributed by atoms with Crippen molar-refractivity contribution >= 4 is 6.08 Å². The van der Waals surface area contributed by atoms with Crippen LogP contribution in [0.1, 0.15) is 25.5 Å². The van der Waals surface area contributed by atoms with E-state index in [1.54, 1.807) is 6.92 Å². The molecule has 2 aromatic rings. The second kappa shape index (κ2) is 7.58. The van der Waals surface area contributed by atoms with Crippen LogP contribution in [0.3, 0.4) is 0 Å². The average Bonchev–Trinajstić information content (AvgIpc) is 2.43. The van der Waals surface area contributed by atoms with Crippen LogP contribution in [0.15, 0.2) is 30.3 Å². The second-order valence-electron chi connectivity index (χ2n) is 4.68. The van der Waals surface area contributed by atoms with Crippen molar-refractivity contribution in [2.24, 2.45) is 0 Å². The van der Waals surface area contributed by atoms with Crippen LogP contribution >= 0.6 is 0 Å². The van der Waals surface area contributed by atoms with Crippen LogP contribution in [0.2, 0.25) is 0 Å². The molecule has 2 rings (SSSR count). The molecule has 0 bridgehead atoms. The predicted molar refractivity (Wildman–Crippen MR) is 78.6 cm³/mol. The van der Waals surface area contributed by atoms with Gasteiger partial charge in [0.15, 0.2) is 17.5 Å². The Kier molecular flexibility index (Phi) is 6.23. The van der Waals surface area contributed by atoms with Gasteiger partial charge in [-0.2, -0.15) is 8.78 Å². The Labute approximate surface area is 139 Å². The normalized spacial score (nSPS) is 11.5. The van der Waals surface area contributed by atoms with Gasteiger partial charge in [0.2, 0.25) is 0 Å². The molecule has 2 aromatic carbocycles. The molecular formula is C17H13F7O. The maximum Gasteiger partial charge on any atom is 0.432 e. The SMILES string of the molecule is C.C/C=C/c1cc(F)c(C(F)(F)Oc2cc(F)c(F)c(F)c2)c(F)c1. The first-order valence-corrected chi connectivity index (χ1v) is 6.49. The lowest BCUT2D eigenvalue weighted by Gasteiger charge is -2.20. The minimum Gasteiger partial charge on any atom is -0.429 e. The summed E-state index contributed by atoms with van der Waals surface area (Å²) in [5.74, 6) is -9.82. The Bertz CT molecular complexity index is 754. The van der Waals surface area contributed by atoms with Crippen LogP contribution in [0, 0.1) is 29.1 Å². The molecule has 0 fully saturated rings. The summed E-state index contributed by atoms with van der Waals surface area (Å²) in [6.45, 7) is 1.55. The van der Waals surface area contributed by atoms with Gasteiger partial charge in [0.25, 0.3) is 0 Å². The minimum atomic E-state index is -4.58. The molecule has 0 N–H and O–H groups in total. The molecule has 0 amide bonds. The van der Waals surface area contributed by atoms with E-state index in [-0.39, 0.29) is 25.1 Å². The molecule has 25 heavy (non-hydrogen) atoms. The number of ether oxygens (including phenoxy) is 1. The highest BCUT2D eigenvalue weighted by Crippen LogP contribution is 2.36.